The standard InChI is InChI=1S/C22H19F4N5O4S/c1-3-35-13-8-14(36-19(13)22(32)33)11-7-15(29-9-28-11)27-4-5-31-18-16(24)10(23)6-12(34-2)17(18)30-21(31)20(25)26/h6-9,20H,3-5H2,1-2H3,(H,32,33)(H,27,28,29). The Bertz CT molecular complexity index is 1430. The molecule has 0 aliphatic carbocycles. The number of carboxylic acids is 1. The van der Waals surface area contributed by atoms with Gasteiger partial charge in [0.25, 0.3) is 6.43 Å². The fourth-order valence-electron chi connectivity index (χ4n) is 3.57. The Morgan fingerprint density at radius 1 is 1.22 bits per heavy atom. The molecule has 0 unspecified atom stereocenters. The van der Waals surface area contributed by atoms with Crippen LogP contribution in [-0.4, -0.2) is 50.9 Å². The summed E-state index contributed by atoms with van der Waals surface area (Å²) in [5, 5.41) is 12.3. The van der Waals surface area contributed by atoms with Gasteiger partial charge in [-0.1, -0.05) is 0 Å². The molecule has 0 radical (unpaired) electrons. The first kappa shape index (κ1) is 25.2. The molecule has 0 atom stereocenters. The number of nitrogens with zero attached hydrogens (tertiary/aromatic N) is 4. The molecule has 2 N–H and O–H groups in total. The highest BCUT2D eigenvalue weighted by Crippen LogP contribution is 2.36. The molecule has 4 rings (SSSR count). The number of anilines is 1. The van der Waals surface area contributed by atoms with Crippen molar-refractivity contribution in [3.05, 3.63) is 46.9 Å². The van der Waals surface area contributed by atoms with Crippen LogP contribution >= 0.6 is 11.3 Å². The zero-order valence-electron chi connectivity index (χ0n) is 18.9. The molecule has 4 aromatic rings. The highest BCUT2D eigenvalue weighted by Gasteiger charge is 2.25. The van der Waals surface area contributed by atoms with Gasteiger partial charge in [-0.25, -0.2) is 37.3 Å². The molecule has 0 aliphatic rings. The fourth-order valence-corrected chi connectivity index (χ4v) is 4.48. The molecule has 190 valence electrons. The van der Waals surface area contributed by atoms with Crippen LogP contribution in [0.25, 0.3) is 21.6 Å². The van der Waals surface area contributed by atoms with Crippen molar-refractivity contribution >= 4 is 34.2 Å². The number of methoxy groups -OCH3 is 1. The van der Waals surface area contributed by atoms with Crippen molar-refractivity contribution in [2.75, 3.05) is 25.6 Å². The van der Waals surface area contributed by atoms with Crippen LogP contribution in [0.3, 0.4) is 0 Å². The Hall–Kier alpha value is -3.94. The Morgan fingerprint density at radius 2 is 2.00 bits per heavy atom. The number of alkyl halides is 2. The maximum atomic E-state index is 14.6. The lowest BCUT2D eigenvalue weighted by atomic mass is 10.2. The van der Waals surface area contributed by atoms with Gasteiger partial charge < -0.3 is 24.5 Å². The number of imidazole rings is 1. The molecule has 9 nitrogen and oxygen atoms in total. The molecule has 0 saturated heterocycles. The highest BCUT2D eigenvalue weighted by atomic mass is 32.1. The van der Waals surface area contributed by atoms with Gasteiger partial charge in [-0.2, -0.15) is 0 Å². The number of nitrogens with one attached hydrogen (secondary N) is 1. The maximum Gasteiger partial charge on any atom is 0.349 e. The Labute approximate surface area is 205 Å². The predicted octanol–water partition coefficient (Wildman–Crippen LogP) is 4.99. The van der Waals surface area contributed by atoms with E-state index in [-0.39, 0.29) is 41.6 Å². The molecule has 0 spiro atoms. The van der Waals surface area contributed by atoms with Crippen LogP contribution in [0, 0.1) is 11.6 Å². The number of thiophene rings is 1. The summed E-state index contributed by atoms with van der Waals surface area (Å²) in [4.78, 5) is 24.0. The van der Waals surface area contributed by atoms with Gasteiger partial charge in [0.05, 0.1) is 24.3 Å². The van der Waals surface area contributed by atoms with Crippen molar-refractivity contribution in [3.8, 4) is 22.1 Å². The van der Waals surface area contributed by atoms with Crippen molar-refractivity contribution < 1.29 is 36.9 Å². The first-order valence-electron chi connectivity index (χ1n) is 10.5. The van der Waals surface area contributed by atoms with Crippen LogP contribution in [0.1, 0.15) is 28.8 Å². The Balaban J connectivity index is 1.59. The van der Waals surface area contributed by atoms with Crippen LogP contribution in [-0.2, 0) is 6.54 Å². The Morgan fingerprint density at radius 3 is 2.67 bits per heavy atom. The van der Waals surface area contributed by atoms with E-state index in [9.17, 15) is 27.5 Å². The number of halogens is 4. The predicted molar refractivity (Wildman–Crippen MR) is 123 cm³/mol. The van der Waals surface area contributed by atoms with E-state index in [4.69, 9.17) is 9.47 Å². The number of aromatic nitrogens is 4. The number of hydrogen-bond donors (Lipinski definition) is 2. The lowest BCUT2D eigenvalue weighted by Crippen LogP contribution is -2.14. The number of fused-ring (bicyclic) bond motifs is 1. The van der Waals surface area contributed by atoms with E-state index >= 15 is 0 Å². The molecule has 0 bridgehead atoms. The number of aromatic carboxylic acids is 1. The van der Waals surface area contributed by atoms with Crippen molar-refractivity contribution in [1.82, 2.24) is 19.5 Å². The summed E-state index contributed by atoms with van der Waals surface area (Å²) in [6.07, 6.45) is -1.80. The summed E-state index contributed by atoms with van der Waals surface area (Å²) >= 11 is 0.977. The van der Waals surface area contributed by atoms with Crippen molar-refractivity contribution in [2.45, 2.75) is 19.9 Å². The van der Waals surface area contributed by atoms with Crippen LogP contribution in [0.4, 0.5) is 23.4 Å². The van der Waals surface area contributed by atoms with E-state index in [0.717, 1.165) is 22.0 Å². The van der Waals surface area contributed by atoms with Gasteiger partial charge in [0.1, 0.15) is 34.7 Å². The average molecular weight is 525 g/mol. The average Bonchev–Trinajstić information content (AvgIpc) is 3.45. The summed E-state index contributed by atoms with van der Waals surface area (Å²) in [6.45, 7) is 1.81. The second-order valence-electron chi connectivity index (χ2n) is 7.25. The molecule has 0 aliphatic heterocycles. The van der Waals surface area contributed by atoms with Crippen LogP contribution in [0.15, 0.2) is 24.5 Å². The SMILES string of the molecule is CCOc1cc(-c2cc(NCCn3c(C(F)F)nc4c(OC)cc(F)c(F)c43)ncn2)sc1C(=O)O. The lowest BCUT2D eigenvalue weighted by Gasteiger charge is -2.11. The third-order valence-electron chi connectivity index (χ3n) is 5.07. The number of rotatable bonds is 10. The Kier molecular flexibility index (Phi) is 7.24. The molecule has 3 aromatic heterocycles. The van der Waals surface area contributed by atoms with Crippen LogP contribution < -0.4 is 14.8 Å². The monoisotopic (exact) mass is 525 g/mol. The molecule has 14 heteroatoms. The molecular weight excluding hydrogens is 506 g/mol. The van der Waals surface area contributed by atoms with Gasteiger partial charge in [-0.3, -0.25) is 0 Å². The minimum atomic E-state index is -3.04. The summed E-state index contributed by atoms with van der Waals surface area (Å²) in [5.41, 5.74) is -0.242. The minimum absolute atomic E-state index is 0.00505. The van der Waals surface area contributed by atoms with Gasteiger partial charge in [0, 0.05) is 31.3 Å². The fraction of sp³-hybridized carbons (Fsp3) is 0.273. The zero-order valence-corrected chi connectivity index (χ0v) is 19.7. The number of benzene rings is 1. The van der Waals surface area contributed by atoms with E-state index in [1.807, 2.05) is 0 Å². The third-order valence-corrected chi connectivity index (χ3v) is 6.20. The summed E-state index contributed by atoms with van der Waals surface area (Å²) in [5.74, 6) is -4.08. The van der Waals surface area contributed by atoms with E-state index in [2.05, 4.69) is 20.3 Å². The normalized spacial score (nSPS) is 11.3. The summed E-state index contributed by atoms with van der Waals surface area (Å²) in [7, 11) is 1.20. The third kappa shape index (κ3) is 4.76. The molecule has 0 fully saturated rings. The van der Waals surface area contributed by atoms with Gasteiger partial charge in [0.15, 0.2) is 22.3 Å². The molecular formula is C22H19F4N5O4S. The maximum absolute atomic E-state index is 14.6. The topological polar surface area (TPSA) is 111 Å². The van der Waals surface area contributed by atoms with Crippen LogP contribution in [0.5, 0.6) is 11.5 Å². The lowest BCUT2D eigenvalue weighted by molar-refractivity contribution is 0.0698. The molecule has 1 aromatic carbocycles. The van der Waals surface area contributed by atoms with E-state index in [1.165, 1.54) is 19.5 Å². The molecule has 36 heavy (non-hydrogen) atoms. The van der Waals surface area contributed by atoms with E-state index in [1.54, 1.807) is 13.0 Å². The largest absolute Gasteiger partial charge is 0.494 e. The summed E-state index contributed by atoms with van der Waals surface area (Å²) in [6, 6.07) is 3.85. The van der Waals surface area contributed by atoms with Crippen molar-refractivity contribution in [1.29, 1.82) is 0 Å². The number of hydrogen-bond acceptors (Lipinski definition) is 8. The quantitative estimate of drug-likeness (QED) is 0.279. The number of ether oxygens (including phenoxy) is 2. The summed E-state index contributed by atoms with van der Waals surface area (Å²) < 4.78 is 67.1. The smallest absolute Gasteiger partial charge is 0.349 e. The zero-order chi connectivity index (χ0) is 26.0. The first-order chi connectivity index (χ1) is 17.2. The second-order valence-corrected chi connectivity index (χ2v) is 8.30. The molecule has 3 heterocycles. The van der Waals surface area contributed by atoms with Gasteiger partial charge in [-0.05, 0) is 6.92 Å². The van der Waals surface area contributed by atoms with Crippen molar-refractivity contribution in [2.24, 2.45) is 0 Å². The van der Waals surface area contributed by atoms with Gasteiger partial charge in [0.2, 0.25) is 0 Å². The van der Waals surface area contributed by atoms with Gasteiger partial charge >= 0.3 is 5.97 Å². The van der Waals surface area contributed by atoms with Gasteiger partial charge in [-0.15, -0.1) is 11.3 Å². The number of carboxylic acid groups (broad SMARTS) is 1. The second kappa shape index (κ2) is 10.4. The van der Waals surface area contributed by atoms with Crippen molar-refractivity contribution in [3.63, 3.8) is 0 Å². The van der Waals surface area contributed by atoms with Crippen LogP contribution in [0.2, 0.25) is 0 Å². The number of carbonyl (C=O) groups is 1. The highest BCUT2D eigenvalue weighted by molar-refractivity contribution is 7.17. The van der Waals surface area contributed by atoms with E-state index in [0.29, 0.717) is 16.4 Å². The molecule has 0 amide bonds. The minimum Gasteiger partial charge on any atom is -0.494 e. The first-order valence-corrected chi connectivity index (χ1v) is 11.3. The molecule has 0 saturated carbocycles. The van der Waals surface area contributed by atoms with E-state index < -0.39 is 35.4 Å².